The Hall–Kier alpha value is -2.77. The molecular weight excluding hydrogens is 298 g/mol. The van der Waals surface area contributed by atoms with Gasteiger partial charge < -0.3 is 20.7 Å². The molecular formula is C15H19N5O3. The topological polar surface area (TPSA) is 119 Å². The molecule has 2 aromatic rings. The second-order valence-electron chi connectivity index (χ2n) is 5.65. The van der Waals surface area contributed by atoms with Gasteiger partial charge in [-0.15, -0.1) is 0 Å². The highest BCUT2D eigenvalue weighted by atomic mass is 16.4. The standard InChI is InChI=1S/C15H19N5O3/c1-9-8-11(20(18-9)10-4-2-5-10)15(21)17-13(14(16)19-22)12-6-3-7-23-12/h3,6-8,10,13,22H,2,4-5H2,1H3,(H2,16,19)(H,17,21). The zero-order valence-corrected chi connectivity index (χ0v) is 12.8. The number of nitrogens with zero attached hydrogens (tertiary/aromatic N) is 3. The summed E-state index contributed by atoms with van der Waals surface area (Å²) >= 11 is 0. The van der Waals surface area contributed by atoms with Gasteiger partial charge in [0.25, 0.3) is 5.91 Å². The number of nitrogens with one attached hydrogen (secondary N) is 1. The monoisotopic (exact) mass is 317 g/mol. The van der Waals surface area contributed by atoms with Gasteiger partial charge in [-0.1, -0.05) is 5.16 Å². The van der Waals surface area contributed by atoms with Crippen LogP contribution in [0.25, 0.3) is 0 Å². The molecule has 0 aliphatic heterocycles. The van der Waals surface area contributed by atoms with Gasteiger partial charge in [-0.25, -0.2) is 0 Å². The molecule has 1 fully saturated rings. The first kappa shape index (κ1) is 15.1. The predicted molar refractivity (Wildman–Crippen MR) is 82.2 cm³/mol. The number of carbonyl (C=O) groups excluding carboxylic acids is 1. The second-order valence-corrected chi connectivity index (χ2v) is 5.65. The number of aromatic nitrogens is 2. The van der Waals surface area contributed by atoms with Gasteiger partial charge in [0.2, 0.25) is 0 Å². The van der Waals surface area contributed by atoms with Crippen molar-refractivity contribution < 1.29 is 14.4 Å². The van der Waals surface area contributed by atoms with E-state index in [1.54, 1.807) is 22.9 Å². The Morgan fingerprint density at radius 1 is 1.61 bits per heavy atom. The Morgan fingerprint density at radius 2 is 2.39 bits per heavy atom. The van der Waals surface area contributed by atoms with Crippen molar-refractivity contribution in [3.05, 3.63) is 41.6 Å². The number of hydrogen-bond acceptors (Lipinski definition) is 5. The van der Waals surface area contributed by atoms with Gasteiger partial charge in [-0.2, -0.15) is 5.10 Å². The van der Waals surface area contributed by atoms with Crippen molar-refractivity contribution in [2.45, 2.75) is 38.3 Å². The molecule has 0 radical (unpaired) electrons. The van der Waals surface area contributed by atoms with Crippen molar-refractivity contribution in [1.82, 2.24) is 15.1 Å². The minimum Gasteiger partial charge on any atom is -0.467 e. The Kier molecular flexibility index (Phi) is 4.05. The summed E-state index contributed by atoms with van der Waals surface area (Å²) in [5, 5.41) is 19.1. The molecule has 1 aliphatic rings. The van der Waals surface area contributed by atoms with E-state index in [4.69, 9.17) is 15.4 Å². The lowest BCUT2D eigenvalue weighted by Crippen LogP contribution is -2.39. The number of amides is 1. The van der Waals surface area contributed by atoms with Crippen molar-refractivity contribution in [3.63, 3.8) is 0 Å². The van der Waals surface area contributed by atoms with Gasteiger partial charge in [0.1, 0.15) is 17.5 Å². The lowest BCUT2D eigenvalue weighted by molar-refractivity contribution is 0.0924. The number of rotatable bonds is 5. The van der Waals surface area contributed by atoms with E-state index in [9.17, 15) is 4.79 Å². The molecule has 0 aromatic carbocycles. The molecule has 1 amide bonds. The van der Waals surface area contributed by atoms with Crippen LogP contribution in [0.3, 0.4) is 0 Å². The van der Waals surface area contributed by atoms with Crippen LogP contribution >= 0.6 is 0 Å². The molecule has 2 heterocycles. The molecule has 1 saturated carbocycles. The predicted octanol–water partition coefficient (Wildman–Crippen LogP) is 1.73. The van der Waals surface area contributed by atoms with Crippen LogP contribution in [0.2, 0.25) is 0 Å². The van der Waals surface area contributed by atoms with Crippen LogP contribution in [0, 0.1) is 6.92 Å². The van der Waals surface area contributed by atoms with E-state index >= 15 is 0 Å². The smallest absolute Gasteiger partial charge is 0.270 e. The Labute approximate surface area is 132 Å². The first-order valence-corrected chi connectivity index (χ1v) is 7.48. The Balaban J connectivity index is 1.85. The quantitative estimate of drug-likeness (QED) is 0.336. The number of carbonyl (C=O) groups is 1. The van der Waals surface area contributed by atoms with Crippen molar-refractivity contribution in [3.8, 4) is 0 Å². The zero-order chi connectivity index (χ0) is 16.4. The average Bonchev–Trinajstić information content (AvgIpc) is 3.12. The molecule has 0 spiro atoms. The fourth-order valence-electron chi connectivity index (χ4n) is 2.60. The summed E-state index contributed by atoms with van der Waals surface area (Å²) in [6.45, 7) is 1.85. The molecule has 3 rings (SSSR count). The van der Waals surface area contributed by atoms with Gasteiger partial charge >= 0.3 is 0 Å². The van der Waals surface area contributed by atoms with E-state index < -0.39 is 6.04 Å². The summed E-state index contributed by atoms with van der Waals surface area (Å²) in [6, 6.07) is 4.47. The van der Waals surface area contributed by atoms with Crippen LogP contribution in [-0.2, 0) is 0 Å². The molecule has 1 atom stereocenters. The molecule has 1 unspecified atom stereocenters. The summed E-state index contributed by atoms with van der Waals surface area (Å²) in [5.74, 6) is -0.106. The van der Waals surface area contributed by atoms with Gasteiger partial charge in [0.15, 0.2) is 5.84 Å². The molecule has 1 aliphatic carbocycles. The first-order valence-electron chi connectivity index (χ1n) is 7.48. The lowest BCUT2D eigenvalue weighted by Gasteiger charge is -2.27. The van der Waals surface area contributed by atoms with Gasteiger partial charge in [-0.3, -0.25) is 9.48 Å². The number of aryl methyl sites for hydroxylation is 1. The number of hydrogen-bond donors (Lipinski definition) is 3. The Morgan fingerprint density at radius 3 is 2.96 bits per heavy atom. The summed E-state index contributed by atoms with van der Waals surface area (Å²) in [7, 11) is 0. The van der Waals surface area contributed by atoms with Crippen LogP contribution < -0.4 is 11.1 Å². The highest BCUT2D eigenvalue weighted by Crippen LogP contribution is 2.32. The maximum atomic E-state index is 12.6. The number of nitrogens with two attached hydrogens (primary N) is 1. The van der Waals surface area contributed by atoms with Gasteiger partial charge in [-0.05, 0) is 44.4 Å². The molecule has 23 heavy (non-hydrogen) atoms. The van der Waals surface area contributed by atoms with Crippen molar-refractivity contribution in [2.24, 2.45) is 10.9 Å². The van der Waals surface area contributed by atoms with E-state index in [1.807, 2.05) is 6.92 Å². The van der Waals surface area contributed by atoms with Crippen LogP contribution in [0.4, 0.5) is 0 Å². The molecule has 4 N–H and O–H groups in total. The van der Waals surface area contributed by atoms with E-state index in [-0.39, 0.29) is 17.8 Å². The van der Waals surface area contributed by atoms with Crippen LogP contribution in [0.5, 0.6) is 0 Å². The summed E-state index contributed by atoms with van der Waals surface area (Å²) in [6.07, 6.45) is 4.64. The number of oxime groups is 1. The van der Waals surface area contributed by atoms with E-state index in [1.165, 1.54) is 6.26 Å². The minimum absolute atomic E-state index is 0.153. The van der Waals surface area contributed by atoms with Crippen LogP contribution in [-0.4, -0.2) is 26.7 Å². The maximum absolute atomic E-state index is 12.6. The SMILES string of the molecule is Cc1cc(C(=O)NC(C(N)=NO)c2ccco2)n(C2CCC2)n1. The van der Waals surface area contributed by atoms with Crippen LogP contribution in [0.1, 0.15) is 53.3 Å². The van der Waals surface area contributed by atoms with Gasteiger partial charge in [0, 0.05) is 0 Å². The van der Waals surface area contributed by atoms with Gasteiger partial charge in [0.05, 0.1) is 18.0 Å². The van der Waals surface area contributed by atoms with E-state index in [0.29, 0.717) is 11.5 Å². The largest absolute Gasteiger partial charge is 0.467 e. The highest BCUT2D eigenvalue weighted by molar-refractivity contribution is 5.97. The fourth-order valence-corrected chi connectivity index (χ4v) is 2.60. The zero-order valence-electron chi connectivity index (χ0n) is 12.8. The highest BCUT2D eigenvalue weighted by Gasteiger charge is 2.28. The van der Waals surface area contributed by atoms with E-state index in [0.717, 1.165) is 25.0 Å². The van der Waals surface area contributed by atoms with Crippen molar-refractivity contribution in [1.29, 1.82) is 0 Å². The third kappa shape index (κ3) is 2.92. The third-order valence-corrected chi connectivity index (χ3v) is 4.03. The fraction of sp³-hybridized carbons (Fsp3) is 0.400. The Bertz CT molecular complexity index is 716. The lowest BCUT2D eigenvalue weighted by atomic mass is 9.93. The molecule has 8 nitrogen and oxygen atoms in total. The van der Waals surface area contributed by atoms with Crippen molar-refractivity contribution in [2.75, 3.05) is 0 Å². The average molecular weight is 317 g/mol. The van der Waals surface area contributed by atoms with Crippen molar-refractivity contribution >= 4 is 11.7 Å². The molecule has 2 aromatic heterocycles. The number of amidine groups is 1. The normalized spacial score (nSPS) is 16.8. The summed E-state index contributed by atoms with van der Waals surface area (Å²) < 4.78 is 7.03. The number of furan rings is 1. The minimum atomic E-state index is -0.840. The van der Waals surface area contributed by atoms with Crippen LogP contribution in [0.15, 0.2) is 34.0 Å². The molecule has 0 saturated heterocycles. The molecule has 0 bridgehead atoms. The molecule has 8 heteroatoms. The summed E-state index contributed by atoms with van der Waals surface area (Å²) in [5.41, 5.74) is 6.92. The molecule has 122 valence electrons. The second kappa shape index (κ2) is 6.15. The van der Waals surface area contributed by atoms with E-state index in [2.05, 4.69) is 15.6 Å². The maximum Gasteiger partial charge on any atom is 0.270 e. The first-order chi connectivity index (χ1) is 11.1. The summed E-state index contributed by atoms with van der Waals surface area (Å²) in [4.78, 5) is 12.6. The third-order valence-electron chi connectivity index (χ3n) is 4.03.